The van der Waals surface area contributed by atoms with Gasteiger partial charge in [0.25, 0.3) is 0 Å². The van der Waals surface area contributed by atoms with Crippen LogP contribution in [0.1, 0.15) is 29.8 Å². The Morgan fingerprint density at radius 3 is 2.80 bits per heavy atom. The summed E-state index contributed by atoms with van der Waals surface area (Å²) in [5.74, 6) is 2.20. The van der Waals surface area contributed by atoms with Gasteiger partial charge in [-0.1, -0.05) is 24.3 Å². The van der Waals surface area contributed by atoms with E-state index >= 15 is 0 Å². The van der Waals surface area contributed by atoms with Crippen molar-refractivity contribution in [2.75, 3.05) is 0 Å². The average Bonchev–Trinajstić information content (AvgIpc) is 3.53. The van der Waals surface area contributed by atoms with Gasteiger partial charge in [-0.2, -0.15) is 0 Å². The Balaban J connectivity index is 1.40. The van der Waals surface area contributed by atoms with Crippen molar-refractivity contribution >= 4 is 23.4 Å². The van der Waals surface area contributed by atoms with E-state index in [0.717, 1.165) is 40.4 Å². The second-order valence-corrected chi connectivity index (χ2v) is 8.28. The molecule has 0 atom stereocenters. The van der Waals surface area contributed by atoms with E-state index < -0.39 is 0 Å². The molecular weight excluding hydrogens is 375 g/mol. The van der Waals surface area contributed by atoms with Gasteiger partial charge in [-0.15, -0.1) is 0 Å². The molecule has 2 aliphatic rings. The highest BCUT2D eigenvalue weighted by Gasteiger charge is 2.24. The van der Waals surface area contributed by atoms with Crippen LogP contribution < -0.4 is 15.2 Å². The third kappa shape index (κ3) is 3.18. The number of rotatable bonds is 4. The molecular formula is C26H21FN2O. The lowest BCUT2D eigenvalue weighted by atomic mass is 10.1. The predicted molar refractivity (Wildman–Crippen MR) is 116 cm³/mol. The van der Waals surface area contributed by atoms with E-state index in [1.807, 2.05) is 12.1 Å². The highest BCUT2D eigenvalue weighted by atomic mass is 19.1. The third-order valence-electron chi connectivity index (χ3n) is 5.99. The largest absolute Gasteiger partial charge is 0.464 e. The van der Waals surface area contributed by atoms with Crippen molar-refractivity contribution in [3.8, 4) is 5.75 Å². The first-order chi connectivity index (χ1) is 14.7. The highest BCUT2D eigenvalue weighted by molar-refractivity contribution is 5.76. The van der Waals surface area contributed by atoms with E-state index in [9.17, 15) is 4.39 Å². The molecule has 0 saturated heterocycles. The molecule has 0 N–H and O–H groups in total. The normalized spacial score (nSPS) is 14.8. The lowest BCUT2D eigenvalue weighted by Crippen LogP contribution is -2.25. The lowest BCUT2D eigenvalue weighted by molar-refractivity contribution is 0.528. The van der Waals surface area contributed by atoms with Gasteiger partial charge in [0.1, 0.15) is 17.4 Å². The number of aromatic nitrogens is 2. The Kier molecular flexibility index (Phi) is 3.98. The van der Waals surface area contributed by atoms with Crippen molar-refractivity contribution in [1.29, 1.82) is 0 Å². The van der Waals surface area contributed by atoms with Gasteiger partial charge in [0.05, 0.1) is 17.3 Å². The van der Waals surface area contributed by atoms with Gasteiger partial charge < -0.3 is 9.30 Å². The van der Waals surface area contributed by atoms with Gasteiger partial charge in [0.2, 0.25) is 0 Å². The number of halogens is 1. The summed E-state index contributed by atoms with van der Waals surface area (Å²) < 4.78 is 21.7. The monoisotopic (exact) mass is 396 g/mol. The number of ether oxygens (including phenoxy) is 1. The quantitative estimate of drug-likeness (QED) is 0.519. The Morgan fingerprint density at radius 1 is 1.00 bits per heavy atom. The molecule has 148 valence electrons. The first-order valence-electron chi connectivity index (χ1n) is 10.4. The highest BCUT2D eigenvalue weighted by Crippen LogP contribution is 2.33. The molecule has 6 rings (SSSR count). The van der Waals surface area contributed by atoms with Crippen LogP contribution in [0.3, 0.4) is 0 Å². The predicted octanol–water partition coefficient (Wildman–Crippen LogP) is 4.14. The minimum absolute atomic E-state index is 0.294. The lowest BCUT2D eigenvalue weighted by Gasteiger charge is -2.09. The summed E-state index contributed by atoms with van der Waals surface area (Å²) in [4.78, 5) is 4.92. The fraction of sp³-hybridized carbons (Fsp3) is 0.192. The van der Waals surface area contributed by atoms with E-state index in [2.05, 4.69) is 41.0 Å². The summed E-state index contributed by atoms with van der Waals surface area (Å²) in [5, 5.41) is 2.06. The van der Waals surface area contributed by atoms with E-state index in [0.29, 0.717) is 5.75 Å². The van der Waals surface area contributed by atoms with Crippen molar-refractivity contribution in [3.05, 3.63) is 93.9 Å². The van der Waals surface area contributed by atoms with Gasteiger partial charge >= 0.3 is 0 Å². The van der Waals surface area contributed by atoms with Crippen LogP contribution in [0.15, 0.2) is 60.7 Å². The molecule has 0 bridgehead atoms. The van der Waals surface area contributed by atoms with Crippen molar-refractivity contribution in [2.45, 2.75) is 25.8 Å². The topological polar surface area (TPSA) is 27.1 Å². The zero-order valence-corrected chi connectivity index (χ0v) is 16.5. The van der Waals surface area contributed by atoms with Crippen LogP contribution in [0, 0.1) is 11.7 Å². The first kappa shape index (κ1) is 17.5. The van der Waals surface area contributed by atoms with Crippen LogP contribution in [0.5, 0.6) is 5.75 Å². The Morgan fingerprint density at radius 2 is 1.90 bits per heavy atom. The smallest absolute Gasteiger partial charge is 0.136 e. The molecule has 0 amide bonds. The minimum Gasteiger partial charge on any atom is -0.464 e. The maximum absolute atomic E-state index is 13.6. The molecule has 3 aromatic carbocycles. The minimum atomic E-state index is -0.294. The molecule has 3 nitrogen and oxygen atoms in total. The SMILES string of the molecule is Fc1ccc2c(c1)OC=c1cc(Cn3c(CC4CC4)nc4ccccc43)ccc1=C2. The van der Waals surface area contributed by atoms with Crippen LogP contribution in [0.2, 0.25) is 0 Å². The maximum atomic E-state index is 13.6. The van der Waals surface area contributed by atoms with E-state index in [1.165, 1.54) is 41.9 Å². The Hall–Kier alpha value is -3.40. The molecule has 0 radical (unpaired) electrons. The summed E-state index contributed by atoms with van der Waals surface area (Å²) >= 11 is 0. The third-order valence-corrected chi connectivity index (χ3v) is 5.99. The first-order valence-corrected chi connectivity index (χ1v) is 10.4. The number of hydrogen-bond donors (Lipinski definition) is 0. The van der Waals surface area contributed by atoms with Crippen LogP contribution in [-0.4, -0.2) is 9.55 Å². The van der Waals surface area contributed by atoms with Crippen molar-refractivity contribution in [1.82, 2.24) is 9.55 Å². The second-order valence-electron chi connectivity index (χ2n) is 8.28. The number of benzene rings is 3. The van der Waals surface area contributed by atoms with Crippen LogP contribution in [0.25, 0.3) is 23.4 Å². The molecule has 1 saturated carbocycles. The summed E-state index contributed by atoms with van der Waals surface area (Å²) in [6.45, 7) is 0.769. The van der Waals surface area contributed by atoms with Crippen molar-refractivity contribution < 1.29 is 9.13 Å². The van der Waals surface area contributed by atoms with Gasteiger partial charge in [-0.3, -0.25) is 0 Å². The summed E-state index contributed by atoms with van der Waals surface area (Å²) in [6, 6.07) is 19.4. The summed E-state index contributed by atoms with van der Waals surface area (Å²) in [6.07, 6.45) is 7.43. The van der Waals surface area contributed by atoms with Crippen molar-refractivity contribution in [2.24, 2.45) is 5.92 Å². The Labute approximate surface area is 173 Å². The molecule has 0 unspecified atom stereocenters. The molecule has 1 aliphatic carbocycles. The summed E-state index contributed by atoms with van der Waals surface area (Å²) in [7, 11) is 0. The zero-order chi connectivity index (χ0) is 20.1. The molecule has 1 aromatic heterocycles. The molecule has 4 aromatic rings. The Bertz CT molecular complexity index is 1400. The zero-order valence-electron chi connectivity index (χ0n) is 16.5. The maximum Gasteiger partial charge on any atom is 0.136 e. The average molecular weight is 396 g/mol. The van der Waals surface area contributed by atoms with E-state index in [4.69, 9.17) is 9.72 Å². The second kappa shape index (κ2) is 6.84. The van der Waals surface area contributed by atoms with Crippen LogP contribution in [-0.2, 0) is 13.0 Å². The van der Waals surface area contributed by atoms with Gasteiger partial charge in [0.15, 0.2) is 0 Å². The fourth-order valence-corrected chi connectivity index (χ4v) is 4.20. The molecule has 1 fully saturated rings. The molecule has 30 heavy (non-hydrogen) atoms. The van der Waals surface area contributed by atoms with Crippen molar-refractivity contribution in [3.63, 3.8) is 0 Å². The molecule has 4 heteroatoms. The standard InChI is InChI=1S/C26H21FN2O/c27-22-10-9-20-13-19-8-7-18(11-21(19)16-30-25(20)14-22)15-29-24-4-2-1-3-23(24)28-26(29)12-17-5-6-17/h1-4,7-11,13-14,16-17H,5-6,12,15H2. The van der Waals surface area contributed by atoms with E-state index in [1.54, 1.807) is 12.3 Å². The molecule has 2 heterocycles. The van der Waals surface area contributed by atoms with E-state index in [-0.39, 0.29) is 5.82 Å². The van der Waals surface area contributed by atoms with Gasteiger partial charge in [-0.05, 0) is 65.9 Å². The number of nitrogens with zero attached hydrogens (tertiary/aromatic N) is 2. The summed E-state index contributed by atoms with van der Waals surface area (Å²) in [5.41, 5.74) is 4.31. The van der Waals surface area contributed by atoms with Gasteiger partial charge in [-0.25, -0.2) is 9.37 Å². The number of hydrogen-bond acceptors (Lipinski definition) is 2. The molecule has 0 spiro atoms. The van der Waals surface area contributed by atoms with Crippen LogP contribution in [0.4, 0.5) is 4.39 Å². The number of fused-ring (bicyclic) bond motifs is 3. The fourth-order valence-electron chi connectivity index (χ4n) is 4.20. The number of para-hydroxylation sites is 2. The van der Waals surface area contributed by atoms with Gasteiger partial charge in [0, 0.05) is 29.8 Å². The molecule has 1 aliphatic heterocycles. The number of imidazole rings is 1. The van der Waals surface area contributed by atoms with Crippen LogP contribution >= 0.6 is 0 Å².